The van der Waals surface area contributed by atoms with E-state index in [2.05, 4.69) is 0 Å². The molecule has 0 atom stereocenters. The Hall–Kier alpha value is -1.96. The standard InChI is InChI=1S/C14H15NO/c1-10-6-3-4-8-12(10)16-13-9-5-7-11(2)14(13)15/h3-9H,15H2,1-2H3. The fourth-order valence-corrected chi connectivity index (χ4v) is 1.53. The van der Waals surface area contributed by atoms with Crippen LogP contribution in [0.4, 0.5) is 5.69 Å². The number of hydrogen-bond donors (Lipinski definition) is 1. The van der Waals surface area contributed by atoms with Gasteiger partial charge in [0.2, 0.25) is 0 Å². The summed E-state index contributed by atoms with van der Waals surface area (Å²) < 4.78 is 5.80. The molecule has 0 radical (unpaired) electrons. The van der Waals surface area contributed by atoms with Gasteiger partial charge in [0.25, 0.3) is 0 Å². The van der Waals surface area contributed by atoms with Crippen LogP contribution in [0.15, 0.2) is 42.5 Å². The van der Waals surface area contributed by atoms with Gasteiger partial charge in [-0.1, -0.05) is 30.3 Å². The molecule has 0 amide bonds. The molecule has 0 aliphatic rings. The van der Waals surface area contributed by atoms with Crippen LogP contribution < -0.4 is 10.5 Å². The number of nitrogens with two attached hydrogens (primary N) is 1. The fourth-order valence-electron chi connectivity index (χ4n) is 1.53. The second-order valence-electron chi connectivity index (χ2n) is 3.85. The van der Waals surface area contributed by atoms with Crippen molar-refractivity contribution in [3.05, 3.63) is 53.6 Å². The largest absolute Gasteiger partial charge is 0.455 e. The lowest BCUT2D eigenvalue weighted by Gasteiger charge is -2.11. The average molecular weight is 213 g/mol. The Morgan fingerprint density at radius 1 is 0.812 bits per heavy atom. The first-order valence-electron chi connectivity index (χ1n) is 5.27. The summed E-state index contributed by atoms with van der Waals surface area (Å²) in [7, 11) is 0. The van der Waals surface area contributed by atoms with Crippen molar-refractivity contribution < 1.29 is 4.74 Å². The second kappa shape index (κ2) is 4.27. The molecule has 0 bridgehead atoms. The summed E-state index contributed by atoms with van der Waals surface area (Å²) in [5.74, 6) is 1.56. The van der Waals surface area contributed by atoms with E-state index in [1.54, 1.807) is 0 Å². The number of para-hydroxylation sites is 2. The molecule has 0 heterocycles. The molecule has 2 nitrogen and oxygen atoms in total. The van der Waals surface area contributed by atoms with Crippen molar-refractivity contribution in [3.63, 3.8) is 0 Å². The highest BCUT2D eigenvalue weighted by atomic mass is 16.5. The first kappa shape index (κ1) is 10.6. The van der Waals surface area contributed by atoms with Crippen LogP contribution in [0.2, 0.25) is 0 Å². The summed E-state index contributed by atoms with van der Waals surface area (Å²) in [4.78, 5) is 0. The minimum absolute atomic E-state index is 0.700. The summed E-state index contributed by atoms with van der Waals surface area (Å²) in [6.07, 6.45) is 0. The van der Waals surface area contributed by atoms with Crippen LogP contribution in [-0.2, 0) is 0 Å². The van der Waals surface area contributed by atoms with E-state index in [4.69, 9.17) is 10.5 Å². The van der Waals surface area contributed by atoms with Gasteiger partial charge in [-0.2, -0.15) is 0 Å². The molecule has 0 spiro atoms. The molecule has 16 heavy (non-hydrogen) atoms. The third kappa shape index (κ3) is 2.01. The van der Waals surface area contributed by atoms with Gasteiger partial charge in [-0.15, -0.1) is 0 Å². The minimum Gasteiger partial charge on any atom is -0.455 e. The van der Waals surface area contributed by atoms with Crippen LogP contribution in [0, 0.1) is 13.8 Å². The van der Waals surface area contributed by atoms with Crippen LogP contribution >= 0.6 is 0 Å². The molecular formula is C14H15NO. The lowest BCUT2D eigenvalue weighted by atomic mass is 10.2. The Balaban J connectivity index is 2.35. The van der Waals surface area contributed by atoms with E-state index in [-0.39, 0.29) is 0 Å². The Bertz CT molecular complexity index is 506. The molecule has 2 N–H and O–H groups in total. The maximum absolute atomic E-state index is 5.96. The normalized spacial score (nSPS) is 10.1. The van der Waals surface area contributed by atoms with Gasteiger partial charge in [-0.05, 0) is 37.1 Å². The molecule has 2 heteroatoms. The number of hydrogen-bond acceptors (Lipinski definition) is 2. The predicted octanol–water partition coefficient (Wildman–Crippen LogP) is 3.68. The zero-order chi connectivity index (χ0) is 11.5. The monoisotopic (exact) mass is 213 g/mol. The molecule has 2 rings (SSSR count). The summed E-state index contributed by atoms with van der Waals surface area (Å²) >= 11 is 0. The average Bonchev–Trinajstić information content (AvgIpc) is 2.28. The van der Waals surface area contributed by atoms with Gasteiger partial charge >= 0.3 is 0 Å². The van der Waals surface area contributed by atoms with Gasteiger partial charge < -0.3 is 10.5 Å². The molecule has 2 aromatic rings. The zero-order valence-corrected chi connectivity index (χ0v) is 9.53. The van der Waals surface area contributed by atoms with E-state index in [0.717, 1.165) is 16.9 Å². The van der Waals surface area contributed by atoms with Gasteiger partial charge in [-0.3, -0.25) is 0 Å². The zero-order valence-electron chi connectivity index (χ0n) is 9.53. The van der Waals surface area contributed by atoms with Gasteiger partial charge in [0.1, 0.15) is 5.75 Å². The van der Waals surface area contributed by atoms with Crippen molar-refractivity contribution in [2.45, 2.75) is 13.8 Å². The van der Waals surface area contributed by atoms with Crippen molar-refractivity contribution >= 4 is 5.69 Å². The summed E-state index contributed by atoms with van der Waals surface area (Å²) in [5, 5.41) is 0. The quantitative estimate of drug-likeness (QED) is 0.772. The Kier molecular flexibility index (Phi) is 2.82. The molecule has 0 unspecified atom stereocenters. The van der Waals surface area contributed by atoms with E-state index in [0.29, 0.717) is 11.4 Å². The molecule has 82 valence electrons. The first-order chi connectivity index (χ1) is 7.68. The number of benzene rings is 2. The smallest absolute Gasteiger partial charge is 0.150 e. The molecule has 0 aliphatic carbocycles. The van der Waals surface area contributed by atoms with Gasteiger partial charge in [0.05, 0.1) is 5.69 Å². The highest BCUT2D eigenvalue weighted by Gasteiger charge is 2.05. The topological polar surface area (TPSA) is 35.2 Å². The molecule has 0 fully saturated rings. The fraction of sp³-hybridized carbons (Fsp3) is 0.143. The van der Waals surface area contributed by atoms with Crippen LogP contribution in [0.25, 0.3) is 0 Å². The molecule has 0 saturated carbocycles. The van der Waals surface area contributed by atoms with E-state index in [9.17, 15) is 0 Å². The van der Waals surface area contributed by atoms with E-state index in [1.807, 2.05) is 56.3 Å². The molecule has 2 aromatic carbocycles. The predicted molar refractivity (Wildman–Crippen MR) is 66.8 cm³/mol. The van der Waals surface area contributed by atoms with Gasteiger partial charge in [0, 0.05) is 0 Å². The third-order valence-electron chi connectivity index (χ3n) is 2.60. The maximum Gasteiger partial charge on any atom is 0.150 e. The molecular weight excluding hydrogens is 198 g/mol. The highest BCUT2D eigenvalue weighted by molar-refractivity contribution is 5.59. The lowest BCUT2D eigenvalue weighted by Crippen LogP contribution is -1.95. The Morgan fingerprint density at radius 2 is 1.44 bits per heavy atom. The van der Waals surface area contributed by atoms with Crippen LogP contribution in [0.5, 0.6) is 11.5 Å². The molecule has 0 aliphatic heterocycles. The van der Waals surface area contributed by atoms with E-state index in [1.165, 1.54) is 0 Å². The first-order valence-corrected chi connectivity index (χ1v) is 5.27. The molecule has 0 aromatic heterocycles. The summed E-state index contributed by atoms with van der Waals surface area (Å²) in [6, 6.07) is 13.7. The number of anilines is 1. The maximum atomic E-state index is 5.96. The lowest BCUT2D eigenvalue weighted by molar-refractivity contribution is 0.481. The number of aryl methyl sites for hydroxylation is 2. The Labute approximate surface area is 95.7 Å². The van der Waals surface area contributed by atoms with E-state index < -0.39 is 0 Å². The third-order valence-corrected chi connectivity index (χ3v) is 2.60. The van der Waals surface area contributed by atoms with Crippen molar-refractivity contribution in [1.82, 2.24) is 0 Å². The van der Waals surface area contributed by atoms with Crippen LogP contribution in [0.3, 0.4) is 0 Å². The van der Waals surface area contributed by atoms with Crippen molar-refractivity contribution in [1.29, 1.82) is 0 Å². The summed E-state index contributed by atoms with van der Waals surface area (Å²) in [6.45, 7) is 3.99. The van der Waals surface area contributed by atoms with Crippen molar-refractivity contribution in [2.24, 2.45) is 0 Å². The highest BCUT2D eigenvalue weighted by Crippen LogP contribution is 2.30. The number of rotatable bonds is 2. The Morgan fingerprint density at radius 3 is 2.19 bits per heavy atom. The van der Waals surface area contributed by atoms with Crippen molar-refractivity contribution in [3.8, 4) is 11.5 Å². The minimum atomic E-state index is 0.700. The van der Waals surface area contributed by atoms with Crippen LogP contribution in [0.1, 0.15) is 11.1 Å². The van der Waals surface area contributed by atoms with Gasteiger partial charge in [-0.25, -0.2) is 0 Å². The van der Waals surface area contributed by atoms with E-state index >= 15 is 0 Å². The molecule has 0 saturated heterocycles. The number of ether oxygens (including phenoxy) is 1. The van der Waals surface area contributed by atoms with Gasteiger partial charge in [0.15, 0.2) is 5.75 Å². The second-order valence-corrected chi connectivity index (χ2v) is 3.85. The number of nitrogen functional groups attached to an aromatic ring is 1. The van der Waals surface area contributed by atoms with Crippen molar-refractivity contribution in [2.75, 3.05) is 5.73 Å². The SMILES string of the molecule is Cc1ccccc1Oc1cccc(C)c1N. The van der Waals surface area contributed by atoms with Crippen LogP contribution in [-0.4, -0.2) is 0 Å². The summed E-state index contributed by atoms with van der Waals surface area (Å²) in [5.41, 5.74) is 8.79.